The molecule has 0 saturated carbocycles. The van der Waals surface area contributed by atoms with Crippen molar-refractivity contribution in [1.82, 2.24) is 4.90 Å². The van der Waals surface area contributed by atoms with Gasteiger partial charge in [0, 0.05) is 24.3 Å². The minimum Gasteiger partial charge on any atom is -0.508 e. The summed E-state index contributed by atoms with van der Waals surface area (Å²) in [7, 11) is 3.38. The van der Waals surface area contributed by atoms with Gasteiger partial charge in [0.1, 0.15) is 18.1 Å². The first-order valence-electron chi connectivity index (χ1n) is 15.3. The first-order chi connectivity index (χ1) is 20.0. The number of benzene rings is 3. The van der Waals surface area contributed by atoms with Gasteiger partial charge in [0.15, 0.2) is 11.5 Å². The summed E-state index contributed by atoms with van der Waals surface area (Å²) in [5.41, 5.74) is 6.18. The lowest BCUT2D eigenvalue weighted by Gasteiger charge is -2.29. The maximum absolute atomic E-state index is 9.92. The molecule has 6 heteroatoms. The van der Waals surface area contributed by atoms with Crippen LogP contribution in [-0.2, 0) is 19.3 Å². The molecule has 0 bridgehead atoms. The average Bonchev–Trinajstić information content (AvgIpc) is 3.26. The SMILES string of the molecule is COc1cc(NC(C)Cc2ccc(OCCN3CCCCCC3)cc2)c(C2CCc3cc(O)ccc3C2)cc1OC. The summed E-state index contributed by atoms with van der Waals surface area (Å²) < 4.78 is 17.4. The number of phenolic OH excluding ortho intramolecular Hbond substituents is 1. The number of methoxy groups -OCH3 is 2. The van der Waals surface area contributed by atoms with Crippen LogP contribution in [0, 0.1) is 0 Å². The zero-order valence-electron chi connectivity index (χ0n) is 25.0. The van der Waals surface area contributed by atoms with Crippen LogP contribution in [0.4, 0.5) is 5.69 Å². The number of aromatic hydroxyl groups is 1. The Kier molecular flexibility index (Phi) is 9.94. The number of phenols is 1. The molecule has 1 saturated heterocycles. The van der Waals surface area contributed by atoms with Gasteiger partial charge in [-0.2, -0.15) is 0 Å². The number of likely N-dealkylation sites (tertiary alicyclic amines) is 1. The Bertz CT molecular complexity index is 1270. The van der Waals surface area contributed by atoms with Crippen LogP contribution in [-0.4, -0.2) is 56.5 Å². The van der Waals surface area contributed by atoms with Crippen LogP contribution in [0.15, 0.2) is 54.6 Å². The molecule has 2 aliphatic rings. The molecule has 0 amide bonds. The van der Waals surface area contributed by atoms with Crippen LogP contribution in [0.25, 0.3) is 0 Å². The van der Waals surface area contributed by atoms with E-state index < -0.39 is 0 Å². The fraction of sp³-hybridized carbons (Fsp3) is 0.486. The van der Waals surface area contributed by atoms with Crippen LogP contribution in [0.3, 0.4) is 0 Å². The number of aryl methyl sites for hydroxylation is 1. The number of ether oxygens (including phenoxy) is 3. The molecule has 1 aliphatic heterocycles. The molecule has 1 aliphatic carbocycles. The van der Waals surface area contributed by atoms with Gasteiger partial charge in [-0.15, -0.1) is 0 Å². The topological polar surface area (TPSA) is 63.2 Å². The second-order valence-electron chi connectivity index (χ2n) is 11.7. The largest absolute Gasteiger partial charge is 0.508 e. The summed E-state index contributed by atoms with van der Waals surface area (Å²) in [5.74, 6) is 3.12. The maximum Gasteiger partial charge on any atom is 0.162 e. The predicted molar refractivity (Wildman–Crippen MR) is 166 cm³/mol. The molecule has 3 aromatic rings. The van der Waals surface area contributed by atoms with Crippen molar-refractivity contribution in [3.8, 4) is 23.0 Å². The summed E-state index contributed by atoms with van der Waals surface area (Å²) in [5, 5.41) is 13.7. The molecule has 1 fully saturated rings. The van der Waals surface area contributed by atoms with Gasteiger partial charge in [-0.3, -0.25) is 4.90 Å². The predicted octanol–water partition coefficient (Wildman–Crippen LogP) is 6.98. The fourth-order valence-electron chi connectivity index (χ4n) is 6.41. The van der Waals surface area contributed by atoms with Crippen LogP contribution in [0.1, 0.15) is 67.2 Å². The van der Waals surface area contributed by atoms with Crippen molar-refractivity contribution in [2.45, 2.75) is 70.3 Å². The number of hydrogen-bond donors (Lipinski definition) is 2. The highest BCUT2D eigenvalue weighted by Crippen LogP contribution is 2.42. The van der Waals surface area contributed by atoms with Crippen molar-refractivity contribution < 1.29 is 19.3 Å². The quantitative estimate of drug-likeness (QED) is 0.265. The third kappa shape index (κ3) is 7.68. The highest BCUT2D eigenvalue weighted by molar-refractivity contribution is 5.63. The molecule has 1 heterocycles. The Morgan fingerprint density at radius 2 is 1.63 bits per heavy atom. The zero-order chi connectivity index (χ0) is 28.6. The summed E-state index contributed by atoms with van der Waals surface area (Å²) in [6.07, 6.45) is 9.15. The third-order valence-electron chi connectivity index (χ3n) is 8.66. The number of hydrogen-bond acceptors (Lipinski definition) is 6. The summed E-state index contributed by atoms with van der Waals surface area (Å²) in [6, 6.07) is 18.8. The van der Waals surface area contributed by atoms with E-state index in [1.54, 1.807) is 20.3 Å². The van der Waals surface area contributed by atoms with Crippen molar-refractivity contribution in [2.24, 2.45) is 0 Å². The maximum atomic E-state index is 9.92. The molecule has 3 aromatic carbocycles. The zero-order valence-corrected chi connectivity index (χ0v) is 25.0. The highest BCUT2D eigenvalue weighted by Gasteiger charge is 2.25. The number of nitrogens with zero attached hydrogens (tertiary/aromatic N) is 1. The Morgan fingerprint density at radius 3 is 2.37 bits per heavy atom. The van der Waals surface area contributed by atoms with E-state index in [0.29, 0.717) is 11.7 Å². The van der Waals surface area contributed by atoms with Gasteiger partial charge in [0.05, 0.1) is 14.2 Å². The van der Waals surface area contributed by atoms with E-state index in [4.69, 9.17) is 14.2 Å². The minimum atomic E-state index is 0.217. The van der Waals surface area contributed by atoms with Gasteiger partial charge >= 0.3 is 0 Å². The Hall–Kier alpha value is -3.38. The molecule has 2 unspecified atom stereocenters. The molecule has 220 valence electrons. The summed E-state index contributed by atoms with van der Waals surface area (Å²) in [6.45, 7) is 6.38. The third-order valence-corrected chi connectivity index (χ3v) is 8.66. The second kappa shape index (κ2) is 14.0. The lowest BCUT2D eigenvalue weighted by atomic mass is 9.79. The van der Waals surface area contributed by atoms with E-state index in [0.717, 1.165) is 61.8 Å². The van der Waals surface area contributed by atoms with Gasteiger partial charge in [-0.25, -0.2) is 0 Å². The Balaban J connectivity index is 1.22. The average molecular weight is 559 g/mol. The van der Waals surface area contributed by atoms with Crippen molar-refractivity contribution >= 4 is 5.69 Å². The lowest BCUT2D eigenvalue weighted by molar-refractivity contribution is 0.214. The van der Waals surface area contributed by atoms with E-state index in [-0.39, 0.29) is 6.04 Å². The van der Waals surface area contributed by atoms with E-state index in [1.807, 2.05) is 6.07 Å². The van der Waals surface area contributed by atoms with Crippen LogP contribution >= 0.6 is 0 Å². The van der Waals surface area contributed by atoms with Crippen molar-refractivity contribution in [3.05, 3.63) is 76.9 Å². The summed E-state index contributed by atoms with van der Waals surface area (Å²) >= 11 is 0. The number of rotatable bonds is 11. The lowest BCUT2D eigenvalue weighted by Crippen LogP contribution is -2.29. The molecule has 2 N–H and O–H groups in total. The van der Waals surface area contributed by atoms with Crippen molar-refractivity contribution in [2.75, 3.05) is 45.8 Å². The Labute approximate surface area is 245 Å². The van der Waals surface area contributed by atoms with E-state index >= 15 is 0 Å². The van der Waals surface area contributed by atoms with E-state index in [1.165, 1.54) is 61.0 Å². The van der Waals surface area contributed by atoms with Gasteiger partial charge in [-0.05, 0) is 117 Å². The van der Waals surface area contributed by atoms with E-state index in [2.05, 4.69) is 59.6 Å². The van der Waals surface area contributed by atoms with Gasteiger partial charge in [-0.1, -0.05) is 31.0 Å². The molecular formula is C35H46N2O4. The standard InChI is InChI=1S/C35H46N2O4/c1-25(20-26-8-14-31(15-9-26)41-19-18-37-16-6-4-5-7-17-37)36-33-24-35(40-3)34(39-2)23-32(33)29-11-10-28-22-30(38)13-12-27(28)21-29/h8-9,12-15,22-25,29,36,38H,4-7,10-11,16-21H2,1-3H3. The number of anilines is 1. The fourth-order valence-corrected chi connectivity index (χ4v) is 6.41. The van der Waals surface area contributed by atoms with Crippen LogP contribution in [0.2, 0.25) is 0 Å². The van der Waals surface area contributed by atoms with Crippen molar-refractivity contribution in [1.29, 1.82) is 0 Å². The van der Waals surface area contributed by atoms with E-state index in [9.17, 15) is 5.11 Å². The smallest absolute Gasteiger partial charge is 0.162 e. The summed E-state index contributed by atoms with van der Waals surface area (Å²) in [4.78, 5) is 2.54. The molecule has 0 radical (unpaired) electrons. The molecule has 2 atom stereocenters. The minimum absolute atomic E-state index is 0.217. The first kappa shape index (κ1) is 29.1. The highest BCUT2D eigenvalue weighted by atomic mass is 16.5. The second-order valence-corrected chi connectivity index (χ2v) is 11.7. The van der Waals surface area contributed by atoms with Crippen molar-refractivity contribution in [3.63, 3.8) is 0 Å². The molecule has 0 spiro atoms. The first-order valence-corrected chi connectivity index (χ1v) is 15.3. The number of fused-ring (bicyclic) bond motifs is 1. The van der Waals surface area contributed by atoms with Crippen LogP contribution < -0.4 is 19.5 Å². The Morgan fingerprint density at radius 1 is 0.902 bits per heavy atom. The normalized spacial score (nSPS) is 18.2. The monoisotopic (exact) mass is 558 g/mol. The molecular weight excluding hydrogens is 512 g/mol. The van der Waals surface area contributed by atoms with Gasteiger partial charge < -0.3 is 24.6 Å². The molecule has 41 heavy (non-hydrogen) atoms. The van der Waals surface area contributed by atoms with Crippen LogP contribution in [0.5, 0.6) is 23.0 Å². The molecule has 0 aromatic heterocycles. The number of nitrogens with one attached hydrogen (secondary N) is 1. The van der Waals surface area contributed by atoms with Gasteiger partial charge in [0.2, 0.25) is 0 Å². The van der Waals surface area contributed by atoms with Gasteiger partial charge in [0.25, 0.3) is 0 Å². The molecule has 5 rings (SSSR count). The molecule has 6 nitrogen and oxygen atoms in total.